The van der Waals surface area contributed by atoms with Crippen LogP contribution in [0.15, 0.2) is 60.7 Å². The van der Waals surface area contributed by atoms with E-state index in [4.69, 9.17) is 5.26 Å². The number of hydrogen-bond acceptors (Lipinski definition) is 4. The molecule has 0 unspecified atom stereocenters. The van der Waals surface area contributed by atoms with E-state index in [9.17, 15) is 13.2 Å². The van der Waals surface area contributed by atoms with Crippen LogP contribution in [-0.2, 0) is 20.6 Å². The predicted molar refractivity (Wildman–Crippen MR) is 107 cm³/mol. The van der Waals surface area contributed by atoms with Crippen molar-refractivity contribution >= 4 is 22.0 Å². The first-order valence-corrected chi connectivity index (χ1v) is 10.6. The second-order valence-electron chi connectivity index (χ2n) is 6.50. The summed E-state index contributed by atoms with van der Waals surface area (Å²) >= 11 is 0. The summed E-state index contributed by atoms with van der Waals surface area (Å²) in [6.45, 7) is 1.25. The van der Waals surface area contributed by atoms with Gasteiger partial charge in [0.2, 0.25) is 15.9 Å². The minimum atomic E-state index is -3.41. The fourth-order valence-corrected chi connectivity index (χ4v) is 4.59. The highest BCUT2D eigenvalue weighted by molar-refractivity contribution is 7.88. The Morgan fingerprint density at radius 1 is 1.00 bits per heavy atom. The van der Waals surface area contributed by atoms with E-state index in [1.165, 1.54) is 10.4 Å². The Labute approximate surface area is 165 Å². The van der Waals surface area contributed by atoms with Gasteiger partial charge in [-0.05, 0) is 23.3 Å². The normalized spacial score (nSPS) is 15.5. The first-order valence-electron chi connectivity index (χ1n) is 8.97. The van der Waals surface area contributed by atoms with E-state index in [1.54, 1.807) is 47.4 Å². The van der Waals surface area contributed by atoms with Gasteiger partial charge in [-0.2, -0.15) is 9.57 Å². The number of nitriles is 1. The molecule has 0 bridgehead atoms. The molecular weight excluding hydrogens is 374 g/mol. The molecular formula is C21H21N3O3S. The van der Waals surface area contributed by atoms with Crippen LogP contribution >= 0.6 is 0 Å². The highest BCUT2D eigenvalue weighted by Gasteiger charge is 2.28. The molecule has 1 saturated heterocycles. The van der Waals surface area contributed by atoms with Crippen molar-refractivity contribution in [3.05, 3.63) is 77.4 Å². The Morgan fingerprint density at radius 3 is 2.32 bits per heavy atom. The molecule has 0 aliphatic carbocycles. The van der Waals surface area contributed by atoms with Crippen LogP contribution in [0.5, 0.6) is 0 Å². The number of rotatable bonds is 5. The fourth-order valence-electron chi connectivity index (χ4n) is 3.07. The van der Waals surface area contributed by atoms with Gasteiger partial charge in [0.05, 0.1) is 17.4 Å². The van der Waals surface area contributed by atoms with Crippen LogP contribution in [0, 0.1) is 11.3 Å². The zero-order chi connectivity index (χ0) is 20.0. The zero-order valence-electron chi connectivity index (χ0n) is 15.4. The third-order valence-corrected chi connectivity index (χ3v) is 6.47. The summed E-state index contributed by atoms with van der Waals surface area (Å²) in [4.78, 5) is 14.0. The average Bonchev–Trinajstić information content (AvgIpc) is 2.72. The molecule has 0 atom stereocenters. The lowest BCUT2D eigenvalue weighted by Gasteiger charge is -2.33. The van der Waals surface area contributed by atoms with Crippen molar-refractivity contribution in [2.45, 2.75) is 5.75 Å². The van der Waals surface area contributed by atoms with Gasteiger partial charge in [0, 0.05) is 32.3 Å². The summed E-state index contributed by atoms with van der Waals surface area (Å²) in [6, 6.07) is 18.2. The van der Waals surface area contributed by atoms with E-state index in [0.29, 0.717) is 24.2 Å². The summed E-state index contributed by atoms with van der Waals surface area (Å²) < 4.78 is 26.6. The molecule has 1 heterocycles. The summed E-state index contributed by atoms with van der Waals surface area (Å²) in [7, 11) is -3.41. The van der Waals surface area contributed by atoms with E-state index in [0.717, 1.165) is 5.56 Å². The predicted octanol–water partition coefficient (Wildman–Crippen LogP) is 2.25. The van der Waals surface area contributed by atoms with Gasteiger partial charge >= 0.3 is 0 Å². The molecule has 6 nitrogen and oxygen atoms in total. The molecule has 2 aromatic carbocycles. The monoisotopic (exact) mass is 395 g/mol. The fraction of sp³-hybridized carbons (Fsp3) is 0.238. The summed E-state index contributed by atoms with van der Waals surface area (Å²) in [5.74, 6) is -0.222. The van der Waals surface area contributed by atoms with Crippen LogP contribution in [0.2, 0.25) is 0 Å². The number of carbonyl (C=O) groups is 1. The van der Waals surface area contributed by atoms with Crippen molar-refractivity contribution in [3.63, 3.8) is 0 Å². The van der Waals surface area contributed by atoms with E-state index < -0.39 is 10.0 Å². The number of sulfonamides is 1. The zero-order valence-corrected chi connectivity index (χ0v) is 16.2. The minimum absolute atomic E-state index is 0.0351. The number of carbonyl (C=O) groups excluding carboxylic acids is 1. The van der Waals surface area contributed by atoms with Gasteiger partial charge < -0.3 is 4.90 Å². The molecule has 1 amide bonds. The Kier molecular flexibility index (Phi) is 6.24. The second-order valence-corrected chi connectivity index (χ2v) is 8.47. The molecule has 1 fully saturated rings. The topological polar surface area (TPSA) is 81.5 Å². The second kappa shape index (κ2) is 8.83. The minimum Gasteiger partial charge on any atom is -0.337 e. The van der Waals surface area contributed by atoms with Gasteiger partial charge in [-0.1, -0.05) is 48.5 Å². The number of piperazine rings is 1. The smallest absolute Gasteiger partial charge is 0.246 e. The number of hydrogen-bond donors (Lipinski definition) is 0. The first kappa shape index (κ1) is 19.8. The number of nitrogens with zero attached hydrogens (tertiary/aromatic N) is 3. The maximum atomic E-state index is 12.6. The van der Waals surface area contributed by atoms with Crippen LogP contribution in [0.25, 0.3) is 6.08 Å². The first-order chi connectivity index (χ1) is 13.5. The molecule has 0 N–H and O–H groups in total. The van der Waals surface area contributed by atoms with Crippen molar-refractivity contribution < 1.29 is 13.2 Å². The van der Waals surface area contributed by atoms with Gasteiger partial charge in [0.25, 0.3) is 0 Å². The molecule has 7 heteroatoms. The standard InChI is InChI=1S/C21H21N3O3S/c22-16-20-9-5-4-8-19(20)10-11-21(25)23-12-14-24(15-13-23)28(26,27)17-18-6-2-1-3-7-18/h1-11H,12-15,17H2. The Hall–Kier alpha value is -2.95. The van der Waals surface area contributed by atoms with Gasteiger partial charge in [-0.15, -0.1) is 0 Å². The summed E-state index contributed by atoms with van der Waals surface area (Å²) in [6.07, 6.45) is 3.06. The van der Waals surface area contributed by atoms with Crippen LogP contribution in [-0.4, -0.2) is 49.7 Å². The molecule has 28 heavy (non-hydrogen) atoms. The van der Waals surface area contributed by atoms with Crippen LogP contribution < -0.4 is 0 Å². The van der Waals surface area contributed by atoms with Crippen molar-refractivity contribution in [2.75, 3.05) is 26.2 Å². The molecule has 0 aromatic heterocycles. The van der Waals surface area contributed by atoms with E-state index in [-0.39, 0.29) is 24.7 Å². The van der Waals surface area contributed by atoms with Crippen LogP contribution in [0.1, 0.15) is 16.7 Å². The Morgan fingerprint density at radius 2 is 1.64 bits per heavy atom. The van der Waals surface area contributed by atoms with Gasteiger partial charge in [0.15, 0.2) is 0 Å². The van der Waals surface area contributed by atoms with Crippen molar-refractivity contribution in [1.29, 1.82) is 5.26 Å². The van der Waals surface area contributed by atoms with Crippen molar-refractivity contribution in [1.82, 2.24) is 9.21 Å². The van der Waals surface area contributed by atoms with E-state index >= 15 is 0 Å². The number of benzene rings is 2. The average molecular weight is 395 g/mol. The lowest BCUT2D eigenvalue weighted by atomic mass is 10.1. The summed E-state index contributed by atoms with van der Waals surface area (Å²) in [5, 5.41) is 9.10. The quantitative estimate of drug-likeness (QED) is 0.727. The highest BCUT2D eigenvalue weighted by Crippen LogP contribution is 2.15. The van der Waals surface area contributed by atoms with Gasteiger partial charge in [-0.25, -0.2) is 8.42 Å². The van der Waals surface area contributed by atoms with Crippen LogP contribution in [0.4, 0.5) is 0 Å². The lowest BCUT2D eigenvalue weighted by Crippen LogP contribution is -2.50. The number of amides is 1. The molecule has 1 aliphatic heterocycles. The lowest BCUT2D eigenvalue weighted by molar-refractivity contribution is -0.127. The molecule has 0 radical (unpaired) electrons. The van der Waals surface area contributed by atoms with Gasteiger partial charge in [0.1, 0.15) is 0 Å². The molecule has 144 valence electrons. The molecule has 1 aliphatic rings. The molecule has 0 spiro atoms. The Balaban J connectivity index is 1.58. The van der Waals surface area contributed by atoms with Gasteiger partial charge in [-0.3, -0.25) is 4.79 Å². The molecule has 3 rings (SSSR count). The third kappa shape index (κ3) is 4.85. The summed E-state index contributed by atoms with van der Waals surface area (Å²) in [5.41, 5.74) is 1.94. The molecule has 2 aromatic rings. The Bertz CT molecular complexity index is 1000. The maximum absolute atomic E-state index is 12.6. The van der Waals surface area contributed by atoms with Crippen molar-refractivity contribution in [3.8, 4) is 6.07 Å². The third-order valence-electron chi connectivity index (χ3n) is 4.62. The largest absolute Gasteiger partial charge is 0.337 e. The maximum Gasteiger partial charge on any atom is 0.246 e. The van der Waals surface area contributed by atoms with Crippen molar-refractivity contribution in [2.24, 2.45) is 0 Å². The molecule has 0 saturated carbocycles. The SMILES string of the molecule is N#Cc1ccccc1C=CC(=O)N1CCN(S(=O)(=O)Cc2ccccc2)CC1. The van der Waals surface area contributed by atoms with Crippen LogP contribution in [0.3, 0.4) is 0 Å². The van der Waals surface area contributed by atoms with E-state index in [2.05, 4.69) is 6.07 Å². The highest BCUT2D eigenvalue weighted by atomic mass is 32.2. The van der Waals surface area contributed by atoms with E-state index in [1.807, 2.05) is 18.2 Å².